The average Bonchev–Trinajstić information content (AvgIpc) is 3.55. The zero-order valence-electron chi connectivity index (χ0n) is 19.5. The molecule has 35 heavy (non-hydrogen) atoms. The molecular formula is C23H26N6O5S. The van der Waals surface area contributed by atoms with Crippen LogP contribution in [0.1, 0.15) is 39.2 Å². The third-order valence-corrected chi connectivity index (χ3v) is 8.01. The Morgan fingerprint density at radius 3 is 2.69 bits per heavy atom. The number of rotatable bonds is 7. The van der Waals surface area contributed by atoms with Gasteiger partial charge in [-0.15, -0.1) is 0 Å². The number of aromatic nitrogens is 4. The number of sulfonamides is 1. The summed E-state index contributed by atoms with van der Waals surface area (Å²) in [5, 5.41) is 7.93. The number of aryl methyl sites for hydroxylation is 1. The number of anilines is 1. The van der Waals surface area contributed by atoms with E-state index in [2.05, 4.69) is 15.4 Å². The summed E-state index contributed by atoms with van der Waals surface area (Å²) in [6.45, 7) is 5.08. The van der Waals surface area contributed by atoms with Gasteiger partial charge >= 0.3 is 5.76 Å². The fraction of sp³-hybridized carbons (Fsp3) is 0.391. The molecular weight excluding hydrogens is 472 g/mol. The van der Waals surface area contributed by atoms with Gasteiger partial charge in [-0.25, -0.2) is 22.9 Å². The molecule has 0 spiro atoms. The van der Waals surface area contributed by atoms with E-state index in [0.29, 0.717) is 24.3 Å². The van der Waals surface area contributed by atoms with Crippen LogP contribution < -0.4 is 11.1 Å². The van der Waals surface area contributed by atoms with Crippen LogP contribution in [0.2, 0.25) is 0 Å². The number of nitrogens with one attached hydrogen (secondary N) is 1. The van der Waals surface area contributed by atoms with Crippen molar-refractivity contribution < 1.29 is 17.6 Å². The Morgan fingerprint density at radius 1 is 1.17 bits per heavy atom. The van der Waals surface area contributed by atoms with Crippen LogP contribution in [-0.4, -0.2) is 51.1 Å². The molecule has 4 aromatic rings. The van der Waals surface area contributed by atoms with Gasteiger partial charge in [0.15, 0.2) is 11.2 Å². The van der Waals surface area contributed by atoms with E-state index in [-0.39, 0.29) is 35.4 Å². The van der Waals surface area contributed by atoms with Gasteiger partial charge in [0.25, 0.3) is 0 Å². The summed E-state index contributed by atoms with van der Waals surface area (Å²) in [6.07, 6.45) is 4.96. The number of nitrogens with zero attached hydrogens (tertiary/aromatic N) is 5. The second-order valence-corrected chi connectivity index (χ2v) is 10.8. The highest BCUT2D eigenvalue weighted by Gasteiger charge is 2.28. The highest BCUT2D eigenvalue weighted by Crippen LogP contribution is 2.24. The molecule has 1 fully saturated rings. The third kappa shape index (κ3) is 4.34. The molecule has 1 aromatic carbocycles. The lowest BCUT2D eigenvalue weighted by atomic mass is 10.3. The number of fused-ring (bicyclic) bond motifs is 2. The summed E-state index contributed by atoms with van der Waals surface area (Å²) in [7, 11) is -3.63. The maximum Gasteiger partial charge on any atom is 0.419 e. The predicted octanol–water partition coefficient (Wildman–Crippen LogP) is 2.73. The first-order chi connectivity index (χ1) is 16.7. The maximum atomic E-state index is 12.8. The van der Waals surface area contributed by atoms with E-state index in [9.17, 15) is 18.0 Å². The van der Waals surface area contributed by atoms with Gasteiger partial charge in [0.1, 0.15) is 0 Å². The standard InChI is InChI=1S/C23H26N6O5S/c1-15(2)29-22-16(13-25-29)11-17(14-24-22)26-21(30)7-10-28-19-6-5-18(12-20(19)34-23(28)31)35(32,33)27-8-3-4-9-27/h5-6,11-15H,3-4,7-10H2,1-2H3,(H,26,30). The summed E-state index contributed by atoms with van der Waals surface area (Å²) in [6, 6.07) is 6.36. The highest BCUT2D eigenvalue weighted by atomic mass is 32.2. The van der Waals surface area contributed by atoms with E-state index in [1.165, 1.54) is 21.0 Å². The number of pyridine rings is 1. The smallest absolute Gasteiger partial charge is 0.408 e. The van der Waals surface area contributed by atoms with Crippen molar-refractivity contribution in [2.45, 2.75) is 50.6 Å². The molecule has 1 N–H and O–H groups in total. The SMILES string of the molecule is CC(C)n1ncc2cc(NC(=O)CCn3c(=O)oc4cc(S(=O)(=O)N5CCCC5)ccc43)cnc21. The van der Waals surface area contributed by atoms with Crippen LogP contribution in [-0.2, 0) is 21.4 Å². The lowest BCUT2D eigenvalue weighted by molar-refractivity contribution is -0.116. The summed E-state index contributed by atoms with van der Waals surface area (Å²) < 4.78 is 35.5. The van der Waals surface area contributed by atoms with Crippen molar-refractivity contribution in [1.82, 2.24) is 23.6 Å². The second-order valence-electron chi connectivity index (χ2n) is 8.88. The van der Waals surface area contributed by atoms with E-state index < -0.39 is 15.8 Å². The Kier molecular flexibility index (Phi) is 5.93. The molecule has 1 saturated heterocycles. The number of hydrogen-bond donors (Lipinski definition) is 1. The van der Waals surface area contributed by atoms with Crippen LogP contribution in [0, 0.1) is 0 Å². The Hall–Kier alpha value is -3.51. The van der Waals surface area contributed by atoms with Crippen molar-refractivity contribution in [3.8, 4) is 0 Å². The monoisotopic (exact) mass is 498 g/mol. The Morgan fingerprint density at radius 2 is 1.94 bits per heavy atom. The Labute approximate surface area is 201 Å². The van der Waals surface area contributed by atoms with E-state index in [1.807, 2.05) is 13.8 Å². The van der Waals surface area contributed by atoms with Crippen molar-refractivity contribution in [1.29, 1.82) is 0 Å². The highest BCUT2D eigenvalue weighted by molar-refractivity contribution is 7.89. The molecule has 11 nitrogen and oxygen atoms in total. The first-order valence-corrected chi connectivity index (χ1v) is 12.9. The molecule has 0 aliphatic carbocycles. The number of hydrogen-bond acceptors (Lipinski definition) is 7. The van der Waals surface area contributed by atoms with Gasteiger partial charge in [0.05, 0.1) is 28.5 Å². The molecule has 184 valence electrons. The number of carbonyl (C=O) groups excluding carboxylic acids is 1. The summed E-state index contributed by atoms with van der Waals surface area (Å²) in [4.78, 5) is 29.5. The van der Waals surface area contributed by atoms with Gasteiger partial charge in [0.2, 0.25) is 15.9 Å². The fourth-order valence-electron chi connectivity index (χ4n) is 4.32. The molecule has 0 unspecified atom stereocenters. The van der Waals surface area contributed by atoms with Gasteiger partial charge < -0.3 is 9.73 Å². The van der Waals surface area contributed by atoms with Crippen LogP contribution in [0.3, 0.4) is 0 Å². The van der Waals surface area contributed by atoms with Crippen molar-refractivity contribution in [2.75, 3.05) is 18.4 Å². The molecule has 0 saturated carbocycles. The van der Waals surface area contributed by atoms with Crippen molar-refractivity contribution in [3.63, 3.8) is 0 Å². The minimum absolute atomic E-state index is 0.0195. The lowest BCUT2D eigenvalue weighted by Crippen LogP contribution is -2.27. The number of carbonyl (C=O) groups is 1. The quantitative estimate of drug-likeness (QED) is 0.414. The van der Waals surface area contributed by atoms with E-state index >= 15 is 0 Å². The van der Waals surface area contributed by atoms with Gasteiger partial charge in [-0.3, -0.25) is 9.36 Å². The van der Waals surface area contributed by atoms with E-state index in [4.69, 9.17) is 4.42 Å². The molecule has 3 aromatic heterocycles. The molecule has 12 heteroatoms. The van der Waals surface area contributed by atoms with Crippen LogP contribution in [0.5, 0.6) is 0 Å². The van der Waals surface area contributed by atoms with Crippen LogP contribution in [0.15, 0.2) is 50.8 Å². The Balaban J connectivity index is 1.30. The normalized spacial score (nSPS) is 14.9. The minimum Gasteiger partial charge on any atom is -0.408 e. The molecule has 1 amide bonds. The molecule has 1 aliphatic heterocycles. The van der Waals surface area contributed by atoms with Crippen molar-refractivity contribution in [2.24, 2.45) is 0 Å². The number of oxazole rings is 1. The molecule has 4 heterocycles. The van der Waals surface area contributed by atoms with Gasteiger partial charge in [0, 0.05) is 43.5 Å². The second kappa shape index (κ2) is 8.93. The molecule has 0 radical (unpaired) electrons. The van der Waals surface area contributed by atoms with Crippen LogP contribution >= 0.6 is 0 Å². The van der Waals surface area contributed by atoms with Gasteiger partial charge in [-0.05, 0) is 44.9 Å². The largest absolute Gasteiger partial charge is 0.419 e. The Bertz CT molecular complexity index is 1580. The molecule has 0 bridgehead atoms. The van der Waals surface area contributed by atoms with Crippen LogP contribution in [0.4, 0.5) is 5.69 Å². The van der Waals surface area contributed by atoms with Crippen molar-refractivity contribution >= 4 is 43.8 Å². The average molecular weight is 499 g/mol. The van der Waals surface area contributed by atoms with Crippen LogP contribution in [0.25, 0.3) is 22.1 Å². The predicted molar refractivity (Wildman–Crippen MR) is 130 cm³/mol. The third-order valence-electron chi connectivity index (χ3n) is 6.11. The van der Waals surface area contributed by atoms with Gasteiger partial charge in [-0.1, -0.05) is 0 Å². The summed E-state index contributed by atoms with van der Waals surface area (Å²) >= 11 is 0. The first-order valence-electron chi connectivity index (χ1n) is 11.5. The zero-order valence-corrected chi connectivity index (χ0v) is 20.3. The first kappa shape index (κ1) is 23.2. The number of benzene rings is 1. The zero-order chi connectivity index (χ0) is 24.7. The molecule has 1 aliphatic rings. The number of amides is 1. The van der Waals surface area contributed by atoms with Gasteiger partial charge in [-0.2, -0.15) is 9.40 Å². The minimum atomic E-state index is -3.63. The topological polar surface area (TPSA) is 132 Å². The lowest BCUT2D eigenvalue weighted by Gasteiger charge is -2.15. The molecule has 0 atom stereocenters. The summed E-state index contributed by atoms with van der Waals surface area (Å²) in [5.41, 5.74) is 1.88. The maximum absolute atomic E-state index is 12.8. The van der Waals surface area contributed by atoms with E-state index in [1.54, 1.807) is 29.2 Å². The summed E-state index contributed by atoms with van der Waals surface area (Å²) in [5.74, 6) is -0.940. The van der Waals surface area contributed by atoms with E-state index in [0.717, 1.165) is 23.9 Å². The fourth-order valence-corrected chi connectivity index (χ4v) is 5.85. The van der Waals surface area contributed by atoms with Crippen molar-refractivity contribution in [3.05, 3.63) is 47.2 Å². The molecule has 5 rings (SSSR count).